The molecule has 0 aromatic heterocycles. The first kappa shape index (κ1) is 42.0. The first-order valence-corrected chi connectivity index (χ1v) is 20.0. The second-order valence-electron chi connectivity index (χ2n) is 15.5. The smallest absolute Gasteiger partial charge is 0.311 e. The Morgan fingerprint density at radius 3 is 1.89 bits per heavy atom. The molecule has 3 N–H and O–H groups in total. The number of aliphatic carboxylic acids is 2. The summed E-state index contributed by atoms with van der Waals surface area (Å²) in [5.74, 6) is -3.38. The lowest BCUT2D eigenvalue weighted by Gasteiger charge is -2.57. The Kier molecular flexibility index (Phi) is 14.6. The van der Waals surface area contributed by atoms with Gasteiger partial charge >= 0.3 is 11.9 Å². The molecule has 11 heteroatoms. The predicted octanol–water partition coefficient (Wildman–Crippen LogP) is 7.68. The maximum absolute atomic E-state index is 13.6. The van der Waals surface area contributed by atoms with E-state index < -0.39 is 45.7 Å². The van der Waals surface area contributed by atoms with Crippen molar-refractivity contribution in [1.29, 1.82) is 0 Å². The molecule has 5 unspecified atom stereocenters. The third-order valence-corrected chi connectivity index (χ3v) is 12.6. The number of rotatable bonds is 20. The quantitative estimate of drug-likeness (QED) is 0.0595. The van der Waals surface area contributed by atoms with Crippen LogP contribution in [0.25, 0.3) is 0 Å². The second kappa shape index (κ2) is 19.1. The number of nitrogens with one attached hydrogen (secondary N) is 1. The van der Waals surface area contributed by atoms with Crippen LogP contribution in [0.2, 0.25) is 0 Å². The fourth-order valence-electron chi connectivity index (χ4n) is 9.56. The van der Waals surface area contributed by atoms with E-state index in [1.165, 1.54) is 29.3 Å². The zero-order valence-corrected chi connectivity index (χ0v) is 32.7. The lowest BCUT2D eigenvalue weighted by atomic mass is 9.49. The normalized spacial score (nSPS) is 25.3. The van der Waals surface area contributed by atoms with E-state index in [4.69, 9.17) is 9.47 Å². The van der Waals surface area contributed by atoms with Crippen molar-refractivity contribution in [2.45, 2.75) is 95.6 Å². The molecule has 298 valence electrons. The van der Waals surface area contributed by atoms with E-state index in [0.717, 1.165) is 51.7 Å². The molecule has 0 bridgehead atoms. The van der Waals surface area contributed by atoms with Crippen LogP contribution in [-0.4, -0.2) is 90.1 Å². The van der Waals surface area contributed by atoms with Crippen LogP contribution in [0.5, 0.6) is 0 Å². The largest absolute Gasteiger partial charge is 0.481 e. The Bertz CT molecular complexity index is 1660. The number of nitrogens with zero attached hydrogens (tertiary/aromatic N) is 2. The molecule has 5 atom stereocenters. The first-order chi connectivity index (χ1) is 26.5. The molecule has 2 aliphatic heterocycles. The fourth-order valence-corrected chi connectivity index (χ4v) is 9.56. The lowest BCUT2D eigenvalue weighted by Crippen LogP contribution is -2.69. The molecule has 5 rings (SSSR count). The van der Waals surface area contributed by atoms with Gasteiger partial charge in [0, 0.05) is 68.5 Å². The number of nitro benzene ring substituents is 1. The SMILES string of the molecule is CCCCOCCC1(C(=O)O)C(C)NC(C)C(CCCOCCCN2CCC(c3ccccc3)(c3ccccc3)CC2)(C(=O)O)C1c1cccc([N+](=O)[O-])c1. The average Bonchev–Trinajstić information content (AvgIpc) is 3.19. The zero-order valence-electron chi connectivity index (χ0n) is 32.7. The molecule has 0 saturated carbocycles. The number of hydrogen-bond donors (Lipinski definition) is 3. The van der Waals surface area contributed by atoms with Crippen molar-refractivity contribution in [1.82, 2.24) is 10.2 Å². The van der Waals surface area contributed by atoms with Gasteiger partial charge in [0.05, 0.1) is 15.8 Å². The Hall–Kier alpha value is -4.16. The maximum atomic E-state index is 13.6. The molecule has 0 amide bonds. The van der Waals surface area contributed by atoms with Crippen LogP contribution in [0.3, 0.4) is 0 Å². The Morgan fingerprint density at radius 2 is 1.33 bits per heavy atom. The number of carbonyl (C=O) groups is 2. The monoisotopic (exact) mass is 757 g/mol. The molecule has 3 aromatic carbocycles. The highest BCUT2D eigenvalue weighted by Crippen LogP contribution is 2.59. The van der Waals surface area contributed by atoms with Gasteiger partial charge < -0.3 is 29.9 Å². The summed E-state index contributed by atoms with van der Waals surface area (Å²) in [7, 11) is 0. The molecular formula is C44H59N3O8. The summed E-state index contributed by atoms with van der Waals surface area (Å²) in [5, 5.41) is 37.4. The van der Waals surface area contributed by atoms with Crippen molar-refractivity contribution < 1.29 is 34.2 Å². The van der Waals surface area contributed by atoms with E-state index in [1.807, 2.05) is 6.92 Å². The minimum atomic E-state index is -1.62. The summed E-state index contributed by atoms with van der Waals surface area (Å²) in [6, 6.07) is 26.1. The number of non-ortho nitro benzene ring substituents is 1. The number of hydrogen-bond acceptors (Lipinski definition) is 8. The first-order valence-electron chi connectivity index (χ1n) is 20.0. The summed E-state index contributed by atoms with van der Waals surface area (Å²) in [6.45, 7) is 9.84. The van der Waals surface area contributed by atoms with Crippen molar-refractivity contribution in [3.63, 3.8) is 0 Å². The molecule has 0 aliphatic carbocycles. The third-order valence-electron chi connectivity index (χ3n) is 12.6. The number of benzene rings is 3. The van der Waals surface area contributed by atoms with Crippen LogP contribution < -0.4 is 5.32 Å². The summed E-state index contributed by atoms with van der Waals surface area (Å²) in [6.07, 6.45) is 5.16. The van der Waals surface area contributed by atoms with E-state index in [0.29, 0.717) is 31.8 Å². The molecule has 2 heterocycles. The molecule has 55 heavy (non-hydrogen) atoms. The number of piperidine rings is 2. The Morgan fingerprint density at radius 1 is 0.782 bits per heavy atom. The topological polar surface area (TPSA) is 151 Å². The zero-order chi connectivity index (χ0) is 39.5. The minimum absolute atomic E-state index is 0.0125. The summed E-state index contributed by atoms with van der Waals surface area (Å²) in [4.78, 5) is 41.0. The molecule has 0 spiro atoms. The van der Waals surface area contributed by atoms with Crippen LogP contribution in [0, 0.1) is 20.9 Å². The van der Waals surface area contributed by atoms with Gasteiger partial charge in [-0.3, -0.25) is 19.7 Å². The molecule has 11 nitrogen and oxygen atoms in total. The van der Waals surface area contributed by atoms with Gasteiger partial charge in [0.15, 0.2) is 0 Å². The van der Waals surface area contributed by atoms with Gasteiger partial charge in [-0.2, -0.15) is 0 Å². The van der Waals surface area contributed by atoms with Crippen molar-refractivity contribution in [2.24, 2.45) is 10.8 Å². The Balaban J connectivity index is 1.26. The number of likely N-dealkylation sites (tertiary alicyclic amines) is 1. The molecule has 2 saturated heterocycles. The van der Waals surface area contributed by atoms with Gasteiger partial charge in [-0.25, -0.2) is 0 Å². The molecule has 3 aromatic rings. The number of nitro groups is 1. The van der Waals surface area contributed by atoms with Gasteiger partial charge in [0.1, 0.15) is 0 Å². The van der Waals surface area contributed by atoms with Gasteiger partial charge in [-0.1, -0.05) is 86.1 Å². The molecule has 0 radical (unpaired) electrons. The maximum Gasteiger partial charge on any atom is 0.311 e. The second-order valence-corrected chi connectivity index (χ2v) is 15.5. The van der Waals surface area contributed by atoms with E-state index >= 15 is 0 Å². The highest BCUT2D eigenvalue weighted by Gasteiger charge is 2.66. The van der Waals surface area contributed by atoms with Gasteiger partial charge in [0.2, 0.25) is 0 Å². The van der Waals surface area contributed by atoms with Crippen molar-refractivity contribution in [3.8, 4) is 0 Å². The standard InChI is InChI=1S/C44H59N3O8/c1-4-5-28-55-31-24-44(41(50)51)34(3)45-33(2)43(40(48)49,39(44)35-15-12-20-38(32-35)47(52)53)21-13-29-54-30-14-25-46-26-22-42(23-27-46,36-16-8-6-9-17-36)37-18-10-7-11-19-37/h6-12,15-20,32-34,39,45H,4-5,13-14,21-31H2,1-3H3,(H,48,49)(H,50,51). The molecular weight excluding hydrogens is 698 g/mol. The van der Waals surface area contributed by atoms with Gasteiger partial charge in [-0.15, -0.1) is 0 Å². The molecule has 2 fully saturated rings. The molecule has 2 aliphatic rings. The summed E-state index contributed by atoms with van der Waals surface area (Å²) in [5.41, 5.74) is -0.412. The van der Waals surface area contributed by atoms with Crippen LogP contribution in [0.15, 0.2) is 84.9 Å². The summed E-state index contributed by atoms with van der Waals surface area (Å²) >= 11 is 0. The lowest BCUT2D eigenvalue weighted by molar-refractivity contribution is -0.385. The van der Waals surface area contributed by atoms with Crippen molar-refractivity contribution in [3.05, 3.63) is 112 Å². The fraction of sp³-hybridized carbons (Fsp3) is 0.545. The van der Waals surface area contributed by atoms with Crippen molar-refractivity contribution >= 4 is 17.6 Å². The van der Waals surface area contributed by atoms with E-state index in [-0.39, 0.29) is 30.6 Å². The average molecular weight is 758 g/mol. The van der Waals surface area contributed by atoms with Crippen molar-refractivity contribution in [2.75, 3.05) is 46.1 Å². The van der Waals surface area contributed by atoms with E-state index in [2.05, 4.69) is 70.9 Å². The predicted molar refractivity (Wildman–Crippen MR) is 212 cm³/mol. The summed E-state index contributed by atoms with van der Waals surface area (Å²) < 4.78 is 12.0. The number of ether oxygens (including phenoxy) is 2. The third kappa shape index (κ3) is 8.96. The van der Waals surface area contributed by atoms with Crippen LogP contribution in [0.1, 0.15) is 94.7 Å². The van der Waals surface area contributed by atoms with Gasteiger partial charge in [0.25, 0.3) is 5.69 Å². The van der Waals surface area contributed by atoms with Crippen LogP contribution >= 0.6 is 0 Å². The van der Waals surface area contributed by atoms with Crippen LogP contribution in [-0.2, 0) is 24.5 Å². The highest BCUT2D eigenvalue weighted by atomic mass is 16.6. The van der Waals surface area contributed by atoms with Crippen LogP contribution in [0.4, 0.5) is 5.69 Å². The highest BCUT2D eigenvalue weighted by molar-refractivity contribution is 5.84. The minimum Gasteiger partial charge on any atom is -0.481 e. The van der Waals surface area contributed by atoms with E-state index in [9.17, 15) is 29.9 Å². The number of unbranched alkanes of at least 4 members (excludes halogenated alkanes) is 1. The number of carboxylic acid groups (broad SMARTS) is 2. The van der Waals surface area contributed by atoms with Gasteiger partial charge in [-0.05, 0) is 88.6 Å². The Labute approximate surface area is 325 Å². The number of carboxylic acids is 2. The van der Waals surface area contributed by atoms with E-state index in [1.54, 1.807) is 19.9 Å².